The first-order chi connectivity index (χ1) is 16.5. The minimum absolute atomic E-state index is 0.0952. The summed E-state index contributed by atoms with van der Waals surface area (Å²) in [6, 6.07) is 9.99. The lowest BCUT2D eigenvalue weighted by Crippen LogP contribution is -2.30. The molecule has 17 heteroatoms. The highest BCUT2D eigenvalue weighted by Crippen LogP contribution is 2.39. The molecule has 0 bridgehead atoms. The van der Waals surface area contributed by atoms with Gasteiger partial charge in [-0.25, -0.2) is 26.7 Å². The molecule has 0 radical (unpaired) electrons. The van der Waals surface area contributed by atoms with Gasteiger partial charge >= 0.3 is 6.18 Å². The normalized spacial score (nSPS) is 13.2. The minimum atomic E-state index is -4.77. The molecule has 0 saturated carbocycles. The van der Waals surface area contributed by atoms with Crippen LogP contribution in [0.2, 0.25) is 10.0 Å². The number of benzene rings is 2. The molecule has 0 aliphatic carbocycles. The molecular formula is C19H15Cl2F3N6O4S2. The number of hydrogen-bond acceptors (Lipinski definition) is 7. The third-order valence-electron chi connectivity index (χ3n) is 4.78. The molecule has 3 rings (SSSR count). The van der Waals surface area contributed by atoms with E-state index in [1.54, 1.807) is 12.1 Å². The van der Waals surface area contributed by atoms with Crippen LogP contribution < -0.4 is 15.6 Å². The summed E-state index contributed by atoms with van der Waals surface area (Å²) in [5.41, 5.74) is 3.38. The summed E-state index contributed by atoms with van der Waals surface area (Å²) in [4.78, 5) is 0. The summed E-state index contributed by atoms with van der Waals surface area (Å²) in [5, 5.41) is 15.7. The maximum atomic E-state index is 13.0. The summed E-state index contributed by atoms with van der Waals surface area (Å²) in [7, 11) is -8.94. The molecule has 1 heterocycles. The van der Waals surface area contributed by atoms with E-state index in [0.29, 0.717) is 16.8 Å². The third kappa shape index (κ3) is 5.85. The van der Waals surface area contributed by atoms with Gasteiger partial charge < -0.3 is 5.73 Å². The maximum Gasteiger partial charge on any atom is 0.416 e. The third-order valence-corrected chi connectivity index (χ3v) is 8.09. The van der Waals surface area contributed by atoms with Gasteiger partial charge in [0.05, 0.1) is 21.4 Å². The van der Waals surface area contributed by atoms with Crippen LogP contribution in [0.4, 0.5) is 24.7 Å². The standard InChI is InChI=1S/C19H15Cl2F3N6O4S2/c20-12-6-11(19(22,23)24)7-13(21)17(12)30-18(26)16(14(8-25)28-30)29-35(31,32)9-15(36(27,33)34)10-4-2-1-3-5-10/h1-7,15,29H,9,26H2,(H2,27,33,34). The molecule has 1 atom stereocenters. The van der Waals surface area contributed by atoms with E-state index in [4.69, 9.17) is 34.1 Å². The molecule has 0 amide bonds. The van der Waals surface area contributed by atoms with Gasteiger partial charge in [-0.3, -0.25) is 4.72 Å². The highest BCUT2D eigenvalue weighted by molar-refractivity contribution is 7.95. The van der Waals surface area contributed by atoms with Crippen molar-refractivity contribution < 1.29 is 30.0 Å². The number of rotatable bonds is 7. The monoisotopic (exact) mass is 582 g/mol. The Kier molecular flexibility index (Phi) is 7.49. The fraction of sp³-hybridized carbons (Fsp3) is 0.158. The zero-order chi connectivity index (χ0) is 27.1. The number of nitrogen functional groups attached to an aromatic ring is 1. The van der Waals surface area contributed by atoms with Crippen LogP contribution in [0.25, 0.3) is 5.69 Å². The Hall–Kier alpha value is -3.03. The Morgan fingerprint density at radius 3 is 2.14 bits per heavy atom. The first-order valence-corrected chi connectivity index (χ1v) is 13.5. The second-order valence-corrected chi connectivity index (χ2v) is 11.6. The molecule has 5 N–H and O–H groups in total. The number of primary sulfonamides is 1. The molecule has 10 nitrogen and oxygen atoms in total. The van der Waals surface area contributed by atoms with E-state index in [1.165, 1.54) is 24.3 Å². The van der Waals surface area contributed by atoms with Gasteiger partial charge in [0.25, 0.3) is 0 Å². The highest BCUT2D eigenvalue weighted by atomic mass is 35.5. The van der Waals surface area contributed by atoms with Crippen LogP contribution >= 0.6 is 23.2 Å². The van der Waals surface area contributed by atoms with Crippen molar-refractivity contribution in [3.05, 3.63) is 69.3 Å². The Morgan fingerprint density at radius 1 is 1.11 bits per heavy atom. The molecule has 0 aliphatic heterocycles. The van der Waals surface area contributed by atoms with Gasteiger partial charge in [-0.2, -0.15) is 23.5 Å². The summed E-state index contributed by atoms with van der Waals surface area (Å²) in [6.07, 6.45) is -4.77. The number of nitrogens with two attached hydrogens (primary N) is 2. The van der Waals surface area contributed by atoms with Gasteiger partial charge in [0, 0.05) is 0 Å². The summed E-state index contributed by atoms with van der Waals surface area (Å²) >= 11 is 11.9. The number of nitrogens with zero attached hydrogens (tertiary/aromatic N) is 3. The van der Waals surface area contributed by atoms with Crippen LogP contribution in [0, 0.1) is 11.3 Å². The number of alkyl halides is 3. The lowest BCUT2D eigenvalue weighted by atomic mass is 10.2. The number of sulfonamides is 2. The quantitative estimate of drug-likeness (QED) is 0.382. The lowest BCUT2D eigenvalue weighted by Gasteiger charge is -2.16. The first-order valence-electron chi connectivity index (χ1n) is 9.47. The number of nitriles is 1. The van der Waals surface area contributed by atoms with Crippen LogP contribution in [0.15, 0.2) is 42.5 Å². The second-order valence-electron chi connectivity index (χ2n) is 7.29. The second kappa shape index (κ2) is 9.79. The fourth-order valence-electron chi connectivity index (χ4n) is 3.16. The molecule has 0 aliphatic rings. The molecule has 1 unspecified atom stereocenters. The summed E-state index contributed by atoms with van der Waals surface area (Å²) < 4.78 is 91.8. The average molecular weight is 583 g/mol. The van der Waals surface area contributed by atoms with Gasteiger partial charge in [0.15, 0.2) is 11.5 Å². The number of nitrogens with one attached hydrogen (secondary N) is 1. The number of anilines is 2. The van der Waals surface area contributed by atoms with Crippen LogP contribution in [0.3, 0.4) is 0 Å². The van der Waals surface area contributed by atoms with Crippen LogP contribution in [-0.2, 0) is 26.2 Å². The topological polar surface area (TPSA) is 174 Å². The van der Waals surface area contributed by atoms with Crippen molar-refractivity contribution in [2.45, 2.75) is 11.4 Å². The zero-order valence-corrected chi connectivity index (χ0v) is 20.8. The van der Waals surface area contributed by atoms with Crippen molar-refractivity contribution in [3.63, 3.8) is 0 Å². The van der Waals surface area contributed by atoms with Crippen molar-refractivity contribution in [1.82, 2.24) is 9.78 Å². The largest absolute Gasteiger partial charge is 0.416 e. The molecule has 192 valence electrons. The fourth-order valence-corrected chi connectivity index (χ4v) is 6.82. The molecule has 0 spiro atoms. The van der Waals surface area contributed by atoms with E-state index in [-0.39, 0.29) is 11.3 Å². The summed E-state index contributed by atoms with van der Waals surface area (Å²) in [5.74, 6) is -1.60. The Morgan fingerprint density at radius 2 is 1.67 bits per heavy atom. The van der Waals surface area contributed by atoms with Crippen molar-refractivity contribution in [2.24, 2.45) is 5.14 Å². The molecule has 36 heavy (non-hydrogen) atoms. The number of aromatic nitrogens is 2. The lowest BCUT2D eigenvalue weighted by molar-refractivity contribution is -0.137. The zero-order valence-electron chi connectivity index (χ0n) is 17.7. The Bertz CT molecular complexity index is 1550. The van der Waals surface area contributed by atoms with Gasteiger partial charge in [0.2, 0.25) is 20.0 Å². The predicted molar refractivity (Wildman–Crippen MR) is 127 cm³/mol. The molecule has 0 fully saturated rings. The Labute approximate surface area is 213 Å². The predicted octanol–water partition coefficient (Wildman–Crippen LogP) is 3.42. The number of halogens is 5. The van der Waals surface area contributed by atoms with Crippen LogP contribution in [-0.4, -0.2) is 32.4 Å². The highest BCUT2D eigenvalue weighted by Gasteiger charge is 2.34. The maximum absolute atomic E-state index is 13.0. The molecule has 2 aromatic carbocycles. The molecular weight excluding hydrogens is 568 g/mol. The van der Waals surface area contributed by atoms with Gasteiger partial charge in [-0.1, -0.05) is 53.5 Å². The number of hydrogen-bond donors (Lipinski definition) is 3. The van der Waals surface area contributed by atoms with Gasteiger partial charge in [-0.05, 0) is 17.7 Å². The van der Waals surface area contributed by atoms with E-state index in [1.807, 2.05) is 4.72 Å². The molecule has 1 aromatic heterocycles. The van der Waals surface area contributed by atoms with E-state index in [9.17, 15) is 35.3 Å². The summed E-state index contributed by atoms with van der Waals surface area (Å²) in [6.45, 7) is 0. The van der Waals surface area contributed by atoms with Crippen LogP contribution in [0.1, 0.15) is 22.1 Å². The smallest absolute Gasteiger partial charge is 0.382 e. The van der Waals surface area contributed by atoms with Crippen molar-refractivity contribution in [2.75, 3.05) is 16.2 Å². The van der Waals surface area contributed by atoms with Gasteiger partial charge in [0.1, 0.15) is 22.7 Å². The van der Waals surface area contributed by atoms with E-state index in [2.05, 4.69) is 5.10 Å². The van der Waals surface area contributed by atoms with Crippen molar-refractivity contribution in [3.8, 4) is 11.8 Å². The van der Waals surface area contributed by atoms with E-state index >= 15 is 0 Å². The minimum Gasteiger partial charge on any atom is -0.382 e. The Balaban J connectivity index is 2.05. The van der Waals surface area contributed by atoms with Crippen LogP contribution in [0.5, 0.6) is 0 Å². The SMILES string of the molecule is N#Cc1nn(-c2c(Cl)cc(C(F)(F)F)cc2Cl)c(N)c1NS(=O)(=O)CC(c1ccccc1)S(N)(=O)=O. The first kappa shape index (κ1) is 27.6. The van der Waals surface area contributed by atoms with Crippen molar-refractivity contribution >= 4 is 54.8 Å². The average Bonchev–Trinajstić information content (AvgIpc) is 3.05. The molecule has 3 aromatic rings. The van der Waals surface area contributed by atoms with E-state index in [0.717, 1.165) is 0 Å². The van der Waals surface area contributed by atoms with E-state index < -0.39 is 70.0 Å². The van der Waals surface area contributed by atoms with Gasteiger partial charge in [-0.15, -0.1) is 0 Å². The molecule has 0 saturated heterocycles. The van der Waals surface area contributed by atoms with Crippen molar-refractivity contribution in [1.29, 1.82) is 5.26 Å².